The summed E-state index contributed by atoms with van der Waals surface area (Å²) >= 11 is 1.58. The first-order valence-electron chi connectivity index (χ1n) is 7.83. The van der Waals surface area contributed by atoms with Crippen LogP contribution in [0.5, 0.6) is 0 Å². The summed E-state index contributed by atoms with van der Waals surface area (Å²) in [6, 6.07) is 3.45. The molecule has 0 aromatic carbocycles. The lowest BCUT2D eigenvalue weighted by molar-refractivity contribution is -0.135. The van der Waals surface area contributed by atoms with Gasteiger partial charge in [0.05, 0.1) is 38.4 Å². The molecule has 3 heterocycles. The molecule has 0 bridgehead atoms. The molecule has 2 aliphatic heterocycles. The highest BCUT2D eigenvalue weighted by atomic mass is 32.2. The molecule has 1 N–H and O–H groups in total. The number of thioether (sulfide) groups is 1. The lowest BCUT2D eigenvalue weighted by atomic mass is 10.1. The van der Waals surface area contributed by atoms with Crippen LogP contribution >= 0.6 is 11.8 Å². The van der Waals surface area contributed by atoms with Crippen molar-refractivity contribution >= 4 is 22.8 Å². The van der Waals surface area contributed by atoms with Crippen LogP contribution in [0.15, 0.2) is 38.9 Å². The Morgan fingerprint density at radius 3 is 3.17 bits per heavy atom. The molecular formula is C16H21N3O3S. The number of amidine groups is 1. The van der Waals surface area contributed by atoms with Gasteiger partial charge < -0.3 is 19.3 Å². The second-order valence-electron chi connectivity index (χ2n) is 5.57. The molecule has 3 rings (SSSR count). The van der Waals surface area contributed by atoms with Gasteiger partial charge in [-0.3, -0.25) is 9.79 Å². The predicted octanol–water partition coefficient (Wildman–Crippen LogP) is 2.03. The van der Waals surface area contributed by atoms with Crippen LogP contribution in [0.3, 0.4) is 0 Å². The molecule has 7 heteroatoms. The zero-order valence-corrected chi connectivity index (χ0v) is 14.0. The van der Waals surface area contributed by atoms with Crippen LogP contribution in [0.25, 0.3) is 0 Å². The molecule has 6 nitrogen and oxygen atoms in total. The van der Waals surface area contributed by atoms with E-state index in [4.69, 9.17) is 4.42 Å². The van der Waals surface area contributed by atoms with E-state index in [9.17, 15) is 9.90 Å². The molecule has 0 saturated heterocycles. The van der Waals surface area contributed by atoms with Gasteiger partial charge in [0.2, 0.25) is 5.91 Å². The summed E-state index contributed by atoms with van der Waals surface area (Å²) in [6.07, 6.45) is 2.62. The van der Waals surface area contributed by atoms with E-state index < -0.39 is 0 Å². The highest BCUT2D eigenvalue weighted by molar-refractivity contribution is 8.16. The summed E-state index contributed by atoms with van der Waals surface area (Å²) < 4.78 is 5.37. The summed E-state index contributed by atoms with van der Waals surface area (Å²) in [7, 11) is 0. The van der Waals surface area contributed by atoms with Gasteiger partial charge in [0.1, 0.15) is 5.76 Å². The maximum atomic E-state index is 12.8. The number of aliphatic imine (C=N–C) groups is 1. The van der Waals surface area contributed by atoms with E-state index in [2.05, 4.69) is 9.89 Å². The van der Waals surface area contributed by atoms with Crippen LogP contribution in [-0.2, 0) is 11.3 Å². The summed E-state index contributed by atoms with van der Waals surface area (Å²) in [4.78, 5) is 21.1. The number of aliphatic hydroxyl groups excluding tert-OH is 1. The third kappa shape index (κ3) is 3.45. The fourth-order valence-electron chi connectivity index (χ4n) is 2.81. The van der Waals surface area contributed by atoms with Crippen LogP contribution in [0.4, 0.5) is 0 Å². The first-order chi connectivity index (χ1) is 11.2. The average molecular weight is 335 g/mol. The minimum absolute atomic E-state index is 0.00213. The first-order valence-corrected chi connectivity index (χ1v) is 8.71. The normalized spacial score (nSPS) is 17.7. The Bertz CT molecular complexity index is 608. The number of carbonyl (C=O) groups is 1. The molecule has 23 heavy (non-hydrogen) atoms. The number of nitrogens with zero attached hydrogens (tertiary/aromatic N) is 3. The van der Waals surface area contributed by atoms with Gasteiger partial charge in [-0.1, -0.05) is 18.7 Å². The minimum Gasteiger partial charge on any atom is -0.467 e. The molecule has 1 atom stereocenters. The second-order valence-corrected chi connectivity index (χ2v) is 6.40. The topological polar surface area (TPSA) is 69.3 Å². The lowest BCUT2D eigenvalue weighted by Gasteiger charge is -2.30. The fraction of sp³-hybridized carbons (Fsp3) is 0.500. The number of furan rings is 1. The van der Waals surface area contributed by atoms with Crippen LogP contribution in [0, 0.1) is 0 Å². The maximum Gasteiger partial charge on any atom is 0.229 e. The van der Waals surface area contributed by atoms with E-state index in [1.54, 1.807) is 29.0 Å². The van der Waals surface area contributed by atoms with Crippen molar-refractivity contribution in [1.82, 2.24) is 9.80 Å². The van der Waals surface area contributed by atoms with Gasteiger partial charge >= 0.3 is 0 Å². The highest BCUT2D eigenvalue weighted by Gasteiger charge is 2.30. The van der Waals surface area contributed by atoms with Gasteiger partial charge in [-0.25, -0.2) is 0 Å². The molecule has 0 aliphatic carbocycles. The van der Waals surface area contributed by atoms with Crippen molar-refractivity contribution in [3.8, 4) is 0 Å². The molecule has 0 fully saturated rings. The van der Waals surface area contributed by atoms with E-state index in [0.29, 0.717) is 19.4 Å². The van der Waals surface area contributed by atoms with Crippen LogP contribution in [0.1, 0.15) is 25.5 Å². The molecule has 0 spiro atoms. The number of rotatable bonds is 7. The van der Waals surface area contributed by atoms with Gasteiger partial charge in [-0.2, -0.15) is 0 Å². The quantitative estimate of drug-likeness (QED) is 0.826. The van der Waals surface area contributed by atoms with Gasteiger partial charge in [0.15, 0.2) is 5.17 Å². The van der Waals surface area contributed by atoms with E-state index in [1.807, 2.05) is 18.4 Å². The van der Waals surface area contributed by atoms with Gasteiger partial charge in [0, 0.05) is 12.2 Å². The Labute approximate surface area is 139 Å². The van der Waals surface area contributed by atoms with Crippen molar-refractivity contribution in [1.29, 1.82) is 0 Å². The number of hydrogen-bond acceptors (Lipinski definition) is 6. The second kappa shape index (κ2) is 7.23. The Balaban J connectivity index is 1.70. The Hall–Kier alpha value is -1.73. The van der Waals surface area contributed by atoms with Crippen molar-refractivity contribution in [3.05, 3.63) is 35.3 Å². The Morgan fingerprint density at radius 2 is 2.48 bits per heavy atom. The average Bonchev–Trinajstić information content (AvgIpc) is 3.26. The predicted molar refractivity (Wildman–Crippen MR) is 89.7 cm³/mol. The molecule has 2 aliphatic rings. The lowest BCUT2D eigenvalue weighted by Crippen LogP contribution is -2.42. The fourth-order valence-corrected chi connectivity index (χ4v) is 3.76. The summed E-state index contributed by atoms with van der Waals surface area (Å²) in [5, 5.41) is 12.6. The van der Waals surface area contributed by atoms with Crippen molar-refractivity contribution in [2.45, 2.75) is 32.4 Å². The standard InChI is InChI=1S/C16H21N3O3S/c1-2-12(10-20)19(9-14-4-3-7-22-14)15(21)8-13-11-23-16-17-5-6-18(13)16/h3-4,7,11-12,20H,2,5-6,8-10H2,1H3/t12-/m1/s1. The van der Waals surface area contributed by atoms with Crippen LogP contribution < -0.4 is 0 Å². The summed E-state index contributed by atoms with van der Waals surface area (Å²) in [6.45, 7) is 3.94. The SMILES string of the molecule is CC[C@H](CO)N(Cc1ccco1)C(=O)CC1=CSC2=NCCN12. The smallest absolute Gasteiger partial charge is 0.229 e. The Kier molecular flexibility index (Phi) is 5.07. The monoisotopic (exact) mass is 335 g/mol. The summed E-state index contributed by atoms with van der Waals surface area (Å²) in [5.41, 5.74) is 0.994. The maximum absolute atomic E-state index is 12.8. The summed E-state index contributed by atoms with van der Waals surface area (Å²) in [5.74, 6) is 0.728. The van der Waals surface area contributed by atoms with E-state index in [1.165, 1.54) is 0 Å². The minimum atomic E-state index is -0.200. The van der Waals surface area contributed by atoms with Crippen molar-refractivity contribution in [2.24, 2.45) is 4.99 Å². The number of amides is 1. The molecule has 1 amide bonds. The van der Waals surface area contributed by atoms with Gasteiger partial charge in [0.25, 0.3) is 0 Å². The molecule has 1 aromatic rings. The van der Waals surface area contributed by atoms with Crippen molar-refractivity contribution in [3.63, 3.8) is 0 Å². The molecule has 0 unspecified atom stereocenters. The first kappa shape index (κ1) is 16.1. The van der Waals surface area contributed by atoms with E-state index in [-0.39, 0.29) is 18.6 Å². The number of hydrogen-bond donors (Lipinski definition) is 1. The number of aliphatic hydroxyl groups is 1. The molecular weight excluding hydrogens is 314 g/mol. The van der Waals surface area contributed by atoms with E-state index in [0.717, 1.165) is 29.7 Å². The van der Waals surface area contributed by atoms with Gasteiger partial charge in [-0.05, 0) is 24.0 Å². The van der Waals surface area contributed by atoms with Crippen LogP contribution in [-0.4, -0.2) is 51.7 Å². The van der Waals surface area contributed by atoms with Gasteiger partial charge in [-0.15, -0.1) is 0 Å². The third-order valence-electron chi connectivity index (χ3n) is 4.13. The number of fused-ring (bicyclic) bond motifs is 1. The Morgan fingerprint density at radius 1 is 1.61 bits per heavy atom. The zero-order chi connectivity index (χ0) is 16.2. The van der Waals surface area contributed by atoms with Crippen LogP contribution in [0.2, 0.25) is 0 Å². The molecule has 0 radical (unpaired) electrons. The molecule has 0 saturated carbocycles. The third-order valence-corrected chi connectivity index (χ3v) is 5.08. The number of carbonyl (C=O) groups excluding carboxylic acids is 1. The zero-order valence-electron chi connectivity index (χ0n) is 13.1. The highest BCUT2D eigenvalue weighted by Crippen LogP contribution is 2.31. The largest absolute Gasteiger partial charge is 0.467 e. The van der Waals surface area contributed by atoms with Crippen molar-refractivity contribution < 1.29 is 14.3 Å². The van der Waals surface area contributed by atoms with E-state index >= 15 is 0 Å². The molecule has 124 valence electrons. The molecule has 1 aromatic heterocycles. The van der Waals surface area contributed by atoms with Crippen molar-refractivity contribution in [2.75, 3.05) is 19.7 Å².